The number of hydrogen-bond donors (Lipinski definition) is 2. The number of anilines is 2. The molecule has 0 saturated heterocycles. The first kappa shape index (κ1) is 20.4. The van der Waals surface area contributed by atoms with Crippen molar-refractivity contribution in [2.45, 2.75) is 25.9 Å². The fourth-order valence-corrected chi connectivity index (χ4v) is 3.29. The smallest absolute Gasteiger partial charge is 0.0991 e. The maximum atomic E-state index is 9.09. The molecular formula is C25H27N3O. The predicted octanol–water partition coefficient (Wildman–Crippen LogP) is 5.15. The summed E-state index contributed by atoms with van der Waals surface area (Å²) in [7, 11) is 1.73. The largest absolute Gasteiger partial charge is 0.383 e. The van der Waals surface area contributed by atoms with Crippen LogP contribution in [0.5, 0.6) is 0 Å². The molecule has 1 unspecified atom stereocenters. The molecule has 3 rings (SSSR count). The highest BCUT2D eigenvalue weighted by molar-refractivity contribution is 5.69. The van der Waals surface area contributed by atoms with Gasteiger partial charge < -0.3 is 15.4 Å². The molecule has 0 aliphatic carbocycles. The molecule has 0 amide bonds. The first-order chi connectivity index (χ1) is 14.2. The number of para-hydroxylation sites is 2. The fraction of sp³-hybridized carbons (Fsp3) is 0.240. The molecule has 0 aliphatic heterocycles. The van der Waals surface area contributed by atoms with E-state index >= 15 is 0 Å². The Kier molecular flexibility index (Phi) is 7.27. The Hall–Kier alpha value is -3.29. The van der Waals surface area contributed by atoms with Gasteiger partial charge in [-0.1, -0.05) is 54.1 Å². The van der Waals surface area contributed by atoms with E-state index in [1.165, 1.54) is 11.1 Å². The molecule has 0 heterocycles. The number of benzene rings is 3. The summed E-state index contributed by atoms with van der Waals surface area (Å²) in [6, 6.07) is 26.8. The first-order valence-corrected chi connectivity index (χ1v) is 9.81. The van der Waals surface area contributed by atoms with E-state index in [1.807, 2.05) is 36.4 Å². The second-order valence-corrected chi connectivity index (χ2v) is 7.20. The Morgan fingerprint density at radius 1 is 0.931 bits per heavy atom. The maximum absolute atomic E-state index is 9.09. The Labute approximate surface area is 173 Å². The second-order valence-electron chi connectivity index (χ2n) is 7.20. The first-order valence-electron chi connectivity index (χ1n) is 9.81. The highest BCUT2D eigenvalue weighted by atomic mass is 16.5. The van der Waals surface area contributed by atoms with Gasteiger partial charge in [0.25, 0.3) is 0 Å². The number of nitrogens with zero attached hydrogens (tertiary/aromatic N) is 1. The van der Waals surface area contributed by atoms with Crippen LogP contribution in [0.25, 0.3) is 0 Å². The van der Waals surface area contributed by atoms with Crippen LogP contribution in [0, 0.1) is 18.3 Å². The van der Waals surface area contributed by atoms with Crippen molar-refractivity contribution >= 4 is 11.4 Å². The van der Waals surface area contributed by atoms with Crippen LogP contribution in [0.1, 0.15) is 22.3 Å². The molecule has 3 aromatic rings. The summed E-state index contributed by atoms with van der Waals surface area (Å²) in [6.45, 7) is 3.37. The fourth-order valence-electron chi connectivity index (χ4n) is 3.29. The van der Waals surface area contributed by atoms with Gasteiger partial charge in [0.2, 0.25) is 0 Å². The predicted molar refractivity (Wildman–Crippen MR) is 119 cm³/mol. The van der Waals surface area contributed by atoms with Gasteiger partial charge in [-0.25, -0.2) is 0 Å². The van der Waals surface area contributed by atoms with Crippen molar-refractivity contribution in [3.63, 3.8) is 0 Å². The van der Waals surface area contributed by atoms with Crippen LogP contribution in [0.2, 0.25) is 0 Å². The standard InChI is InChI=1S/C25H27N3O/c1-19-10-12-20(13-11-19)15-23(18-29-2)28-25-9-4-3-8-24(25)27-17-22-7-5-6-21(14-22)16-26/h3-14,23,27-28H,15,17-18H2,1-2H3. The Balaban J connectivity index is 1.70. The minimum atomic E-state index is 0.160. The highest BCUT2D eigenvalue weighted by Gasteiger charge is 2.12. The van der Waals surface area contributed by atoms with Gasteiger partial charge in [-0.3, -0.25) is 0 Å². The van der Waals surface area contributed by atoms with Crippen molar-refractivity contribution in [1.29, 1.82) is 5.26 Å². The van der Waals surface area contributed by atoms with Crippen molar-refractivity contribution in [3.05, 3.63) is 95.1 Å². The Bertz CT molecular complexity index is 960. The average Bonchev–Trinajstić information content (AvgIpc) is 2.75. The molecule has 0 saturated carbocycles. The van der Waals surface area contributed by atoms with Gasteiger partial charge in [0, 0.05) is 13.7 Å². The summed E-state index contributed by atoms with van der Waals surface area (Å²) >= 11 is 0. The third-order valence-corrected chi connectivity index (χ3v) is 4.80. The molecular weight excluding hydrogens is 358 g/mol. The molecule has 4 heteroatoms. The normalized spacial score (nSPS) is 11.5. The molecule has 2 N–H and O–H groups in total. The maximum Gasteiger partial charge on any atom is 0.0991 e. The third-order valence-electron chi connectivity index (χ3n) is 4.80. The van der Waals surface area contributed by atoms with Crippen LogP contribution in [0.4, 0.5) is 11.4 Å². The molecule has 148 valence electrons. The van der Waals surface area contributed by atoms with Crippen LogP contribution in [0.15, 0.2) is 72.8 Å². The molecule has 1 atom stereocenters. The quantitative estimate of drug-likeness (QED) is 0.535. The van der Waals surface area contributed by atoms with E-state index in [1.54, 1.807) is 7.11 Å². The summed E-state index contributed by atoms with van der Waals surface area (Å²) in [5, 5.41) is 16.2. The molecule has 29 heavy (non-hydrogen) atoms. The van der Waals surface area contributed by atoms with Gasteiger partial charge in [-0.2, -0.15) is 5.26 Å². The van der Waals surface area contributed by atoms with Gasteiger partial charge in [0.15, 0.2) is 0 Å². The van der Waals surface area contributed by atoms with Crippen LogP contribution in [-0.2, 0) is 17.7 Å². The molecule has 0 bridgehead atoms. The lowest BCUT2D eigenvalue weighted by molar-refractivity contribution is 0.185. The number of hydrogen-bond acceptors (Lipinski definition) is 4. The van der Waals surface area contributed by atoms with Gasteiger partial charge in [-0.05, 0) is 48.7 Å². The number of methoxy groups -OCH3 is 1. The molecule has 0 aromatic heterocycles. The number of nitrogens with one attached hydrogen (secondary N) is 2. The van der Waals surface area contributed by atoms with Crippen molar-refractivity contribution in [1.82, 2.24) is 0 Å². The van der Waals surface area contributed by atoms with Crippen LogP contribution in [-0.4, -0.2) is 19.8 Å². The third kappa shape index (κ3) is 6.10. The summed E-state index contributed by atoms with van der Waals surface area (Å²) in [6.07, 6.45) is 0.882. The van der Waals surface area contributed by atoms with E-state index in [0.717, 1.165) is 23.4 Å². The van der Waals surface area contributed by atoms with E-state index in [2.05, 4.69) is 60.0 Å². The summed E-state index contributed by atoms with van der Waals surface area (Å²) in [5.41, 5.74) is 6.36. The average molecular weight is 386 g/mol. The monoisotopic (exact) mass is 385 g/mol. The van der Waals surface area contributed by atoms with Crippen LogP contribution >= 0.6 is 0 Å². The molecule has 0 fully saturated rings. The van der Waals surface area contributed by atoms with E-state index in [-0.39, 0.29) is 6.04 Å². The molecule has 3 aromatic carbocycles. The van der Waals surface area contributed by atoms with Crippen molar-refractivity contribution in [2.75, 3.05) is 24.4 Å². The zero-order valence-electron chi connectivity index (χ0n) is 17.0. The van der Waals surface area contributed by atoms with Gasteiger partial charge in [-0.15, -0.1) is 0 Å². The van der Waals surface area contributed by atoms with Crippen LogP contribution < -0.4 is 10.6 Å². The Morgan fingerprint density at radius 3 is 2.41 bits per heavy atom. The highest BCUT2D eigenvalue weighted by Crippen LogP contribution is 2.23. The summed E-state index contributed by atoms with van der Waals surface area (Å²) in [4.78, 5) is 0. The number of aryl methyl sites for hydroxylation is 1. The number of rotatable bonds is 9. The van der Waals surface area contributed by atoms with Gasteiger partial charge >= 0.3 is 0 Å². The zero-order chi connectivity index (χ0) is 20.5. The lowest BCUT2D eigenvalue weighted by Crippen LogP contribution is -2.28. The lowest BCUT2D eigenvalue weighted by Gasteiger charge is -2.22. The minimum absolute atomic E-state index is 0.160. The molecule has 0 spiro atoms. The van der Waals surface area contributed by atoms with Gasteiger partial charge in [0.1, 0.15) is 0 Å². The van der Waals surface area contributed by atoms with E-state index in [9.17, 15) is 0 Å². The summed E-state index contributed by atoms with van der Waals surface area (Å²) < 4.78 is 5.45. The van der Waals surface area contributed by atoms with E-state index in [4.69, 9.17) is 10.00 Å². The van der Waals surface area contributed by atoms with Crippen molar-refractivity contribution < 1.29 is 4.74 Å². The SMILES string of the molecule is COCC(Cc1ccc(C)cc1)Nc1ccccc1NCc1cccc(C#N)c1. The van der Waals surface area contributed by atoms with E-state index in [0.29, 0.717) is 18.7 Å². The van der Waals surface area contributed by atoms with Crippen molar-refractivity contribution in [2.24, 2.45) is 0 Å². The Morgan fingerprint density at radius 2 is 1.69 bits per heavy atom. The van der Waals surface area contributed by atoms with E-state index < -0.39 is 0 Å². The number of nitriles is 1. The van der Waals surface area contributed by atoms with Crippen LogP contribution in [0.3, 0.4) is 0 Å². The topological polar surface area (TPSA) is 57.1 Å². The molecule has 0 radical (unpaired) electrons. The summed E-state index contributed by atoms with van der Waals surface area (Å²) in [5.74, 6) is 0. The second kappa shape index (κ2) is 10.3. The van der Waals surface area contributed by atoms with Gasteiger partial charge in [0.05, 0.1) is 35.7 Å². The molecule has 0 aliphatic rings. The lowest BCUT2D eigenvalue weighted by atomic mass is 10.0. The molecule has 4 nitrogen and oxygen atoms in total. The van der Waals surface area contributed by atoms with Crippen molar-refractivity contribution in [3.8, 4) is 6.07 Å². The number of ether oxygens (including phenoxy) is 1. The zero-order valence-corrected chi connectivity index (χ0v) is 17.0. The minimum Gasteiger partial charge on any atom is -0.383 e.